The first-order chi connectivity index (χ1) is 8.10. The van der Waals surface area contributed by atoms with Gasteiger partial charge in [-0.1, -0.05) is 24.6 Å². The monoisotopic (exact) mass is 257 g/mol. The van der Waals surface area contributed by atoms with Crippen molar-refractivity contribution in [2.75, 3.05) is 13.7 Å². The second kappa shape index (κ2) is 6.47. The van der Waals surface area contributed by atoms with Gasteiger partial charge in [-0.2, -0.15) is 0 Å². The van der Waals surface area contributed by atoms with Crippen molar-refractivity contribution in [3.8, 4) is 5.75 Å². The topological polar surface area (TPSA) is 58.6 Å². The van der Waals surface area contributed by atoms with E-state index >= 15 is 0 Å². The first-order valence-corrected chi connectivity index (χ1v) is 5.77. The molecule has 0 heterocycles. The minimum absolute atomic E-state index is 0.00507. The zero-order chi connectivity index (χ0) is 12.8. The maximum absolute atomic E-state index is 11.6. The fraction of sp³-hybridized carbons (Fsp3) is 0.417. The van der Waals surface area contributed by atoms with Gasteiger partial charge in [-0.15, -0.1) is 0 Å². The average Bonchev–Trinajstić information content (AvgIpc) is 2.33. The number of ether oxygens (including phenoxy) is 1. The number of rotatable bonds is 5. The lowest BCUT2D eigenvalue weighted by Crippen LogP contribution is -2.30. The van der Waals surface area contributed by atoms with Gasteiger partial charge in [-0.25, -0.2) is 4.79 Å². The Morgan fingerprint density at radius 1 is 1.59 bits per heavy atom. The van der Waals surface area contributed by atoms with E-state index in [-0.39, 0.29) is 16.7 Å². The Labute approximate surface area is 106 Å². The van der Waals surface area contributed by atoms with Gasteiger partial charge in [0.2, 0.25) is 0 Å². The van der Waals surface area contributed by atoms with Crippen molar-refractivity contribution < 1.29 is 14.6 Å². The van der Waals surface area contributed by atoms with E-state index in [1.54, 1.807) is 12.1 Å². The van der Waals surface area contributed by atoms with Crippen LogP contribution in [0.1, 0.15) is 24.9 Å². The first-order valence-electron chi connectivity index (χ1n) is 5.39. The molecule has 0 fully saturated rings. The number of hydrogen-bond acceptors (Lipinski definition) is 4. The number of carbonyl (C=O) groups is 1. The normalized spacial score (nSPS) is 12.2. The van der Waals surface area contributed by atoms with Crippen LogP contribution in [0.15, 0.2) is 18.2 Å². The molecule has 0 radical (unpaired) electrons. The van der Waals surface area contributed by atoms with E-state index in [2.05, 4.69) is 5.32 Å². The molecule has 0 amide bonds. The third-order valence-corrected chi connectivity index (χ3v) is 2.64. The molecule has 0 aliphatic rings. The highest BCUT2D eigenvalue weighted by molar-refractivity contribution is 6.32. The van der Waals surface area contributed by atoms with E-state index in [0.29, 0.717) is 12.1 Å². The third kappa shape index (κ3) is 3.61. The van der Waals surface area contributed by atoms with Gasteiger partial charge in [-0.05, 0) is 30.7 Å². The minimum Gasteiger partial charge on any atom is -0.506 e. The van der Waals surface area contributed by atoms with Gasteiger partial charge in [0.05, 0.1) is 12.1 Å². The lowest BCUT2D eigenvalue weighted by atomic mass is 10.1. The number of carbonyl (C=O) groups excluding carboxylic acids is 1. The summed E-state index contributed by atoms with van der Waals surface area (Å²) in [5.74, 6) is -0.380. The van der Waals surface area contributed by atoms with Crippen LogP contribution in [0.5, 0.6) is 5.75 Å². The highest BCUT2D eigenvalue weighted by Crippen LogP contribution is 2.27. The zero-order valence-corrected chi connectivity index (χ0v) is 10.6. The van der Waals surface area contributed by atoms with Crippen LogP contribution in [0.3, 0.4) is 0 Å². The molecule has 0 saturated carbocycles. The van der Waals surface area contributed by atoms with Crippen molar-refractivity contribution >= 4 is 17.6 Å². The number of aromatic hydroxyl groups is 1. The van der Waals surface area contributed by atoms with Gasteiger partial charge < -0.3 is 15.2 Å². The molecule has 2 N–H and O–H groups in total. The lowest BCUT2D eigenvalue weighted by molar-refractivity contribution is -0.143. The average molecular weight is 258 g/mol. The number of phenolic OH excluding ortho intramolecular Hbond substituents is 1. The number of benzene rings is 1. The van der Waals surface area contributed by atoms with Crippen molar-refractivity contribution in [2.24, 2.45) is 0 Å². The molecule has 0 spiro atoms. The van der Waals surface area contributed by atoms with E-state index in [1.807, 2.05) is 6.92 Å². The number of phenols is 1. The van der Waals surface area contributed by atoms with Crippen molar-refractivity contribution in [3.63, 3.8) is 0 Å². The van der Waals surface area contributed by atoms with Crippen LogP contribution < -0.4 is 5.32 Å². The first kappa shape index (κ1) is 13.8. The predicted molar refractivity (Wildman–Crippen MR) is 66.2 cm³/mol. The van der Waals surface area contributed by atoms with Crippen LogP contribution in [0.25, 0.3) is 0 Å². The Morgan fingerprint density at radius 2 is 2.29 bits per heavy atom. The molecule has 0 bridgehead atoms. The van der Waals surface area contributed by atoms with Crippen LogP contribution in [0.4, 0.5) is 0 Å². The Kier molecular flexibility index (Phi) is 5.25. The molecule has 1 rings (SSSR count). The summed E-state index contributed by atoms with van der Waals surface area (Å²) in [6.45, 7) is 2.70. The summed E-state index contributed by atoms with van der Waals surface area (Å²) in [7, 11) is 1.34. The summed E-state index contributed by atoms with van der Waals surface area (Å²) < 4.78 is 4.73. The van der Waals surface area contributed by atoms with Crippen LogP contribution in [-0.4, -0.2) is 24.7 Å². The Hall–Kier alpha value is -1.26. The number of hydrogen-bond donors (Lipinski definition) is 2. The number of halogens is 1. The van der Waals surface area contributed by atoms with E-state index in [0.717, 1.165) is 6.42 Å². The Morgan fingerprint density at radius 3 is 2.82 bits per heavy atom. The maximum atomic E-state index is 11.6. The summed E-state index contributed by atoms with van der Waals surface area (Å²) >= 11 is 5.81. The van der Waals surface area contributed by atoms with Crippen LogP contribution in [-0.2, 0) is 9.53 Å². The molecule has 0 aromatic heterocycles. The maximum Gasteiger partial charge on any atom is 0.327 e. The van der Waals surface area contributed by atoms with Crippen molar-refractivity contribution in [3.05, 3.63) is 28.8 Å². The Bertz CT molecular complexity index is 395. The van der Waals surface area contributed by atoms with Crippen LogP contribution >= 0.6 is 11.6 Å². The molecule has 5 heteroatoms. The molecule has 0 aliphatic heterocycles. The number of nitrogens with one attached hydrogen (secondary N) is 1. The third-order valence-electron chi connectivity index (χ3n) is 2.34. The van der Waals surface area contributed by atoms with Crippen LogP contribution in [0.2, 0.25) is 5.02 Å². The fourth-order valence-electron chi connectivity index (χ4n) is 1.45. The number of esters is 1. The minimum atomic E-state index is -0.557. The summed E-state index contributed by atoms with van der Waals surface area (Å²) in [6.07, 6.45) is 0.902. The second-order valence-corrected chi connectivity index (χ2v) is 4.03. The van der Waals surface area contributed by atoms with Crippen LogP contribution in [0, 0.1) is 0 Å². The van der Waals surface area contributed by atoms with Gasteiger partial charge in [0.25, 0.3) is 0 Å². The van der Waals surface area contributed by atoms with E-state index in [1.165, 1.54) is 13.2 Å². The molecule has 1 aromatic carbocycles. The van der Waals surface area contributed by atoms with Crippen molar-refractivity contribution in [1.29, 1.82) is 0 Å². The quantitative estimate of drug-likeness (QED) is 0.795. The van der Waals surface area contributed by atoms with E-state index in [9.17, 15) is 9.90 Å². The highest BCUT2D eigenvalue weighted by atomic mass is 35.5. The molecular weight excluding hydrogens is 242 g/mol. The Balaban J connectivity index is 2.95. The van der Waals surface area contributed by atoms with Crippen molar-refractivity contribution in [2.45, 2.75) is 19.4 Å². The summed E-state index contributed by atoms with van der Waals surface area (Å²) in [5.41, 5.74) is 0.674. The van der Waals surface area contributed by atoms with E-state index < -0.39 is 6.04 Å². The molecule has 4 nitrogen and oxygen atoms in total. The molecular formula is C12H16ClNO3. The molecule has 94 valence electrons. The summed E-state index contributed by atoms with van der Waals surface area (Å²) in [4.78, 5) is 11.6. The largest absolute Gasteiger partial charge is 0.506 e. The SMILES string of the molecule is CCCNC(C(=O)OC)c1ccc(O)c(Cl)c1. The summed E-state index contributed by atoms with van der Waals surface area (Å²) in [6, 6.07) is 4.10. The van der Waals surface area contributed by atoms with Gasteiger partial charge in [0.1, 0.15) is 11.8 Å². The standard InChI is InChI=1S/C12H16ClNO3/c1-3-6-14-11(12(16)17-2)8-4-5-10(15)9(13)7-8/h4-5,7,11,14-15H,3,6H2,1-2H3. The molecule has 0 saturated heterocycles. The second-order valence-electron chi connectivity index (χ2n) is 3.62. The molecule has 1 unspecified atom stereocenters. The molecule has 17 heavy (non-hydrogen) atoms. The van der Waals surface area contributed by atoms with E-state index in [4.69, 9.17) is 16.3 Å². The highest BCUT2D eigenvalue weighted by Gasteiger charge is 2.21. The van der Waals surface area contributed by atoms with Gasteiger partial charge >= 0.3 is 5.97 Å². The number of methoxy groups -OCH3 is 1. The zero-order valence-electron chi connectivity index (χ0n) is 9.87. The predicted octanol–water partition coefficient (Wildman–Crippen LogP) is 2.26. The molecule has 1 aromatic rings. The summed E-state index contributed by atoms with van der Waals surface area (Å²) in [5, 5.41) is 12.6. The lowest BCUT2D eigenvalue weighted by Gasteiger charge is -2.16. The van der Waals surface area contributed by atoms with Gasteiger partial charge in [0.15, 0.2) is 0 Å². The van der Waals surface area contributed by atoms with Gasteiger partial charge in [0, 0.05) is 0 Å². The van der Waals surface area contributed by atoms with Crippen molar-refractivity contribution in [1.82, 2.24) is 5.32 Å². The van der Waals surface area contributed by atoms with Gasteiger partial charge in [-0.3, -0.25) is 0 Å². The smallest absolute Gasteiger partial charge is 0.327 e. The fourth-order valence-corrected chi connectivity index (χ4v) is 1.64. The molecule has 1 atom stereocenters. The molecule has 0 aliphatic carbocycles.